The Hall–Kier alpha value is -1.58. The van der Waals surface area contributed by atoms with E-state index in [0.29, 0.717) is 30.7 Å². The van der Waals surface area contributed by atoms with Gasteiger partial charge in [0.1, 0.15) is 0 Å². The molecule has 2 heterocycles. The number of aryl methyl sites for hydroxylation is 1. The fourth-order valence-electron chi connectivity index (χ4n) is 3.04. The van der Waals surface area contributed by atoms with Crippen LogP contribution in [0.25, 0.3) is 5.65 Å². The van der Waals surface area contributed by atoms with Gasteiger partial charge in [0.05, 0.1) is 0 Å². The van der Waals surface area contributed by atoms with E-state index in [1.165, 1.54) is 36.8 Å². The van der Waals surface area contributed by atoms with Crippen LogP contribution >= 0.6 is 24.0 Å². The molecular weight excluding hydrogens is 419 g/mol. The van der Waals surface area contributed by atoms with Crippen molar-refractivity contribution in [2.45, 2.75) is 51.1 Å². The van der Waals surface area contributed by atoms with Gasteiger partial charge >= 0.3 is 5.69 Å². The summed E-state index contributed by atoms with van der Waals surface area (Å²) in [5, 5.41) is 7.58. The fraction of sp³-hybridized carbons (Fsp3) is 0.562. The Morgan fingerprint density at radius 1 is 1.33 bits per heavy atom. The molecule has 0 aromatic carbocycles. The van der Waals surface area contributed by atoms with Gasteiger partial charge < -0.3 is 11.1 Å². The zero-order valence-corrected chi connectivity index (χ0v) is 16.1. The van der Waals surface area contributed by atoms with Crippen molar-refractivity contribution < 1.29 is 0 Å². The second kappa shape index (κ2) is 9.05. The highest BCUT2D eigenvalue weighted by Crippen LogP contribution is 2.16. The van der Waals surface area contributed by atoms with E-state index in [2.05, 4.69) is 15.4 Å². The van der Waals surface area contributed by atoms with Crippen molar-refractivity contribution in [3.05, 3.63) is 34.9 Å². The molecule has 0 radical (unpaired) electrons. The van der Waals surface area contributed by atoms with Crippen LogP contribution in [0.3, 0.4) is 0 Å². The number of hydrogen-bond acceptors (Lipinski definition) is 3. The number of nitrogens with zero attached hydrogens (tertiary/aromatic N) is 4. The summed E-state index contributed by atoms with van der Waals surface area (Å²) in [6, 6.07) is 5.98. The van der Waals surface area contributed by atoms with Gasteiger partial charge in [-0.25, -0.2) is 9.48 Å². The predicted octanol–water partition coefficient (Wildman–Crippen LogP) is 1.74. The van der Waals surface area contributed by atoms with Gasteiger partial charge in [-0.05, 0) is 31.4 Å². The molecule has 1 aliphatic carbocycles. The molecule has 2 aromatic heterocycles. The number of aromatic nitrogens is 3. The lowest BCUT2D eigenvalue weighted by Crippen LogP contribution is -2.41. The molecule has 3 N–H and O–H groups in total. The SMILES string of the molecule is I.NC(=NCCCn1nc2ccccn2c1=O)NC1CCCCC1. The monoisotopic (exact) mass is 444 g/mol. The number of pyridine rings is 1. The Labute approximate surface area is 158 Å². The molecule has 132 valence electrons. The molecule has 1 fully saturated rings. The van der Waals surface area contributed by atoms with E-state index in [-0.39, 0.29) is 29.7 Å². The van der Waals surface area contributed by atoms with Crippen LogP contribution in [0.2, 0.25) is 0 Å². The van der Waals surface area contributed by atoms with E-state index in [0.717, 1.165) is 6.42 Å². The van der Waals surface area contributed by atoms with E-state index >= 15 is 0 Å². The Bertz CT molecular complexity index is 731. The van der Waals surface area contributed by atoms with Gasteiger partial charge in [0.15, 0.2) is 11.6 Å². The average Bonchev–Trinajstić information content (AvgIpc) is 2.89. The van der Waals surface area contributed by atoms with Gasteiger partial charge in [-0.1, -0.05) is 25.3 Å². The molecule has 3 rings (SSSR count). The second-order valence-electron chi connectivity index (χ2n) is 6.03. The highest BCUT2D eigenvalue weighted by molar-refractivity contribution is 14.0. The molecule has 0 saturated heterocycles. The second-order valence-corrected chi connectivity index (χ2v) is 6.03. The van der Waals surface area contributed by atoms with E-state index < -0.39 is 0 Å². The van der Waals surface area contributed by atoms with E-state index in [1.807, 2.05) is 18.2 Å². The lowest BCUT2D eigenvalue weighted by atomic mass is 9.96. The largest absolute Gasteiger partial charge is 0.370 e. The van der Waals surface area contributed by atoms with E-state index in [9.17, 15) is 4.79 Å². The minimum Gasteiger partial charge on any atom is -0.370 e. The minimum absolute atomic E-state index is 0. The third-order valence-electron chi connectivity index (χ3n) is 4.26. The number of nitrogens with two attached hydrogens (primary N) is 1. The van der Waals surface area contributed by atoms with Crippen molar-refractivity contribution in [3.8, 4) is 0 Å². The smallest absolute Gasteiger partial charge is 0.350 e. The number of aliphatic imine (C=N–C) groups is 1. The van der Waals surface area contributed by atoms with Crippen LogP contribution < -0.4 is 16.7 Å². The molecule has 7 nitrogen and oxygen atoms in total. The number of nitrogens with one attached hydrogen (secondary N) is 1. The summed E-state index contributed by atoms with van der Waals surface area (Å²) in [4.78, 5) is 16.5. The van der Waals surface area contributed by atoms with Gasteiger partial charge in [0.25, 0.3) is 0 Å². The molecule has 0 amide bonds. The molecule has 0 aliphatic heterocycles. The van der Waals surface area contributed by atoms with Crippen molar-refractivity contribution >= 4 is 35.6 Å². The van der Waals surface area contributed by atoms with Crippen molar-refractivity contribution in [2.75, 3.05) is 6.54 Å². The van der Waals surface area contributed by atoms with Crippen LogP contribution in [-0.4, -0.2) is 32.7 Å². The molecule has 24 heavy (non-hydrogen) atoms. The predicted molar refractivity (Wildman–Crippen MR) is 106 cm³/mol. The lowest BCUT2D eigenvalue weighted by molar-refractivity contribution is 0.412. The number of fused-ring (bicyclic) bond motifs is 1. The van der Waals surface area contributed by atoms with Crippen LogP contribution in [-0.2, 0) is 6.54 Å². The molecule has 1 saturated carbocycles. The maximum absolute atomic E-state index is 12.1. The Morgan fingerprint density at radius 3 is 2.88 bits per heavy atom. The Kier molecular flexibility index (Phi) is 7.07. The standard InChI is InChI=1S/C16H24N6O.HI/c17-15(19-13-7-2-1-3-8-13)18-10-6-12-22-16(23)21-11-5-4-9-14(21)20-22;/h4-5,9,11,13H,1-3,6-8,10,12H2,(H3,17,18,19);1H. The molecule has 8 heteroatoms. The topological polar surface area (TPSA) is 89.7 Å². The van der Waals surface area contributed by atoms with Gasteiger partial charge in [-0.15, -0.1) is 29.1 Å². The van der Waals surface area contributed by atoms with Gasteiger partial charge in [0, 0.05) is 25.3 Å². The summed E-state index contributed by atoms with van der Waals surface area (Å²) in [6.07, 6.45) is 8.66. The Balaban J connectivity index is 0.00000208. The van der Waals surface area contributed by atoms with Crippen molar-refractivity contribution in [2.24, 2.45) is 10.7 Å². The first-order valence-electron chi connectivity index (χ1n) is 8.35. The van der Waals surface area contributed by atoms with Crippen LogP contribution in [0.5, 0.6) is 0 Å². The summed E-state index contributed by atoms with van der Waals surface area (Å²) in [7, 11) is 0. The minimum atomic E-state index is -0.113. The molecule has 1 aliphatic rings. The van der Waals surface area contributed by atoms with E-state index in [1.54, 1.807) is 10.6 Å². The quantitative estimate of drug-likeness (QED) is 0.318. The number of rotatable bonds is 5. The molecule has 0 atom stereocenters. The fourth-order valence-corrected chi connectivity index (χ4v) is 3.04. The van der Waals surface area contributed by atoms with Crippen LogP contribution in [0.4, 0.5) is 0 Å². The normalized spacial score (nSPS) is 16.1. The lowest BCUT2D eigenvalue weighted by Gasteiger charge is -2.23. The van der Waals surface area contributed by atoms with E-state index in [4.69, 9.17) is 5.73 Å². The van der Waals surface area contributed by atoms with Crippen molar-refractivity contribution in [3.63, 3.8) is 0 Å². The summed E-state index contributed by atoms with van der Waals surface area (Å²) < 4.78 is 3.03. The maximum Gasteiger partial charge on any atom is 0.350 e. The van der Waals surface area contributed by atoms with Gasteiger partial charge in [-0.2, -0.15) is 0 Å². The molecule has 0 spiro atoms. The molecule has 2 aromatic rings. The maximum atomic E-state index is 12.1. The van der Waals surface area contributed by atoms with Crippen LogP contribution in [0, 0.1) is 0 Å². The summed E-state index contributed by atoms with van der Waals surface area (Å²) in [6.45, 7) is 1.13. The molecule has 0 bridgehead atoms. The zero-order valence-electron chi connectivity index (χ0n) is 13.7. The first kappa shape index (κ1) is 18.8. The van der Waals surface area contributed by atoms with Crippen molar-refractivity contribution in [1.29, 1.82) is 0 Å². The van der Waals surface area contributed by atoms with Crippen LogP contribution in [0.15, 0.2) is 34.2 Å². The molecular formula is C16H25IN6O. The summed E-state index contributed by atoms with van der Waals surface area (Å²) in [5.74, 6) is 0.513. The highest BCUT2D eigenvalue weighted by Gasteiger charge is 2.13. The molecule has 0 unspecified atom stereocenters. The first-order valence-corrected chi connectivity index (χ1v) is 8.35. The van der Waals surface area contributed by atoms with Crippen molar-refractivity contribution in [1.82, 2.24) is 19.5 Å². The first-order chi connectivity index (χ1) is 11.2. The van der Waals surface area contributed by atoms with Crippen LogP contribution in [0.1, 0.15) is 38.5 Å². The van der Waals surface area contributed by atoms with Gasteiger partial charge in [0.2, 0.25) is 0 Å². The Morgan fingerprint density at radius 2 is 2.12 bits per heavy atom. The number of hydrogen-bond donors (Lipinski definition) is 2. The third-order valence-corrected chi connectivity index (χ3v) is 4.26. The number of halogens is 1. The third kappa shape index (κ3) is 4.71. The highest BCUT2D eigenvalue weighted by atomic mass is 127. The van der Waals surface area contributed by atoms with Gasteiger partial charge in [-0.3, -0.25) is 9.39 Å². The average molecular weight is 444 g/mol. The zero-order chi connectivity index (χ0) is 16.1. The number of guanidine groups is 1. The summed E-state index contributed by atoms with van der Waals surface area (Å²) >= 11 is 0. The summed E-state index contributed by atoms with van der Waals surface area (Å²) in [5.41, 5.74) is 6.48.